The summed E-state index contributed by atoms with van der Waals surface area (Å²) in [6.45, 7) is 5.37. The highest BCUT2D eigenvalue weighted by Gasteiger charge is 2.28. The van der Waals surface area contributed by atoms with Gasteiger partial charge in [0.2, 0.25) is 5.75 Å². The van der Waals surface area contributed by atoms with Crippen molar-refractivity contribution in [2.24, 2.45) is 5.92 Å². The minimum atomic E-state index is -1.95. The number of unbranched alkanes of at least 4 members (excludes halogenated alkanes) is 5. The molecule has 1 saturated heterocycles. The maximum absolute atomic E-state index is 14.1. The normalized spacial score (nSPS) is 16.7. The number of esters is 2. The smallest absolute Gasteiger partial charge is 0.346 e. The van der Waals surface area contributed by atoms with Crippen molar-refractivity contribution in [3.63, 3.8) is 0 Å². The van der Waals surface area contributed by atoms with Gasteiger partial charge in [-0.1, -0.05) is 64.9 Å². The Balaban J connectivity index is 1.33. The molecule has 4 rings (SSSR count). The number of hydrogen-bond acceptors (Lipinski definition) is 10. The van der Waals surface area contributed by atoms with Gasteiger partial charge in [-0.25, -0.2) is 14.0 Å². The molecule has 2 N–H and O–H groups in total. The Labute approximate surface area is 273 Å². The molecule has 2 heterocycles. The van der Waals surface area contributed by atoms with E-state index in [-0.39, 0.29) is 23.4 Å². The summed E-state index contributed by atoms with van der Waals surface area (Å²) < 4.78 is 36.3. The van der Waals surface area contributed by atoms with Gasteiger partial charge in [0.1, 0.15) is 5.75 Å². The fraction of sp³-hybridized carbons (Fsp3) is 0.457. The van der Waals surface area contributed by atoms with Crippen molar-refractivity contribution in [1.82, 2.24) is 4.98 Å². The Hall–Kier alpha value is -4.42. The third-order valence-corrected chi connectivity index (χ3v) is 7.93. The van der Waals surface area contributed by atoms with Crippen molar-refractivity contribution in [1.29, 1.82) is 0 Å². The Kier molecular flexibility index (Phi) is 13.2. The molecule has 252 valence electrons. The molecule has 1 aromatic heterocycles. The molecule has 0 amide bonds. The second kappa shape index (κ2) is 17.5. The molecule has 0 aliphatic carbocycles. The maximum atomic E-state index is 14.1. The highest BCUT2D eigenvalue weighted by molar-refractivity contribution is 5.98. The quantitative estimate of drug-likeness (QED) is 0.0403. The average molecular weight is 652 g/mol. The zero-order valence-electron chi connectivity index (χ0n) is 26.8. The number of alkyl halides is 1. The van der Waals surface area contributed by atoms with Crippen molar-refractivity contribution in [3.8, 4) is 22.8 Å². The van der Waals surface area contributed by atoms with E-state index in [9.17, 15) is 24.1 Å². The van der Waals surface area contributed by atoms with Crippen molar-refractivity contribution in [2.75, 3.05) is 18.9 Å². The average Bonchev–Trinajstić information content (AvgIpc) is 3.07. The number of aromatic nitrogens is 1. The molecule has 2 aromatic carbocycles. The number of nitrogens with zero attached hydrogens (tertiary/aromatic N) is 2. The largest absolute Gasteiger partial charge is 0.423 e. The van der Waals surface area contributed by atoms with Gasteiger partial charge in [-0.2, -0.15) is 0 Å². The highest BCUT2D eigenvalue weighted by atomic mass is 19.1. The molecule has 1 aliphatic heterocycles. The zero-order valence-corrected chi connectivity index (χ0v) is 26.8. The molecule has 1 unspecified atom stereocenters. The van der Waals surface area contributed by atoms with Crippen LogP contribution < -0.4 is 15.2 Å². The van der Waals surface area contributed by atoms with E-state index in [4.69, 9.17) is 24.7 Å². The van der Waals surface area contributed by atoms with Crippen LogP contribution in [-0.2, 0) is 14.3 Å². The summed E-state index contributed by atoms with van der Waals surface area (Å²) >= 11 is 0. The minimum absolute atomic E-state index is 0.0761. The molecule has 0 radical (unpaired) electrons. The van der Waals surface area contributed by atoms with Gasteiger partial charge >= 0.3 is 17.6 Å². The Bertz CT molecular complexity index is 1490. The van der Waals surface area contributed by atoms with E-state index in [0.717, 1.165) is 29.7 Å². The van der Waals surface area contributed by atoms with E-state index in [1.165, 1.54) is 32.1 Å². The second-order valence-electron chi connectivity index (χ2n) is 11.7. The molecule has 0 saturated carbocycles. The van der Waals surface area contributed by atoms with Gasteiger partial charge in [-0.3, -0.25) is 15.1 Å². The topological polar surface area (TPSA) is 153 Å². The lowest BCUT2D eigenvalue weighted by Crippen LogP contribution is -2.27. The number of nitro groups is 1. The summed E-state index contributed by atoms with van der Waals surface area (Å²) in [7, 11) is 0. The summed E-state index contributed by atoms with van der Waals surface area (Å²) in [5, 5.41) is 11.7. The van der Waals surface area contributed by atoms with E-state index in [0.29, 0.717) is 37.7 Å². The van der Waals surface area contributed by atoms with Crippen LogP contribution in [-0.4, -0.2) is 41.2 Å². The SMILES string of the molecule is CCCCCCCC1COC(c2ccc(-c3ccc(OC(=O)c4cc([N+](=O)[O-])c(OC(=O)C(F)CCCC)cc4N)cc3)nc2)OC1. The summed E-state index contributed by atoms with van der Waals surface area (Å²) in [6.07, 6.45) is 7.70. The van der Waals surface area contributed by atoms with Crippen LogP contribution in [0, 0.1) is 16.0 Å². The molecule has 1 atom stereocenters. The fourth-order valence-electron chi connectivity index (χ4n) is 5.17. The lowest BCUT2D eigenvalue weighted by molar-refractivity contribution is -0.385. The number of anilines is 1. The predicted octanol–water partition coefficient (Wildman–Crippen LogP) is 7.91. The minimum Gasteiger partial charge on any atom is -0.423 e. The first-order chi connectivity index (χ1) is 22.7. The van der Waals surface area contributed by atoms with Crippen LogP contribution in [0.2, 0.25) is 0 Å². The van der Waals surface area contributed by atoms with Gasteiger partial charge in [-0.05, 0) is 43.2 Å². The number of carbonyl (C=O) groups is 2. The summed E-state index contributed by atoms with van der Waals surface area (Å²) in [6, 6.07) is 12.1. The molecular formula is C35H42FN3O8. The first-order valence-electron chi connectivity index (χ1n) is 16.2. The molecule has 1 fully saturated rings. The van der Waals surface area contributed by atoms with E-state index < -0.39 is 40.8 Å². The van der Waals surface area contributed by atoms with Crippen molar-refractivity contribution in [3.05, 3.63) is 76.0 Å². The summed E-state index contributed by atoms with van der Waals surface area (Å²) in [5.74, 6) is -2.22. The van der Waals surface area contributed by atoms with E-state index in [1.807, 2.05) is 19.1 Å². The van der Waals surface area contributed by atoms with Crippen LogP contribution in [0.3, 0.4) is 0 Å². The molecule has 1 aliphatic rings. The second-order valence-corrected chi connectivity index (χ2v) is 11.7. The van der Waals surface area contributed by atoms with Crippen molar-refractivity contribution < 1.29 is 37.9 Å². The first-order valence-corrected chi connectivity index (χ1v) is 16.2. The molecule has 12 heteroatoms. The van der Waals surface area contributed by atoms with Crippen LogP contribution in [0.5, 0.6) is 11.5 Å². The lowest BCUT2D eigenvalue weighted by atomic mass is 10.0. The van der Waals surface area contributed by atoms with Gasteiger partial charge in [-0.15, -0.1) is 0 Å². The standard InChI is InChI=1S/C35H42FN3O8/c1-3-5-7-8-9-10-23-21-44-35(45-22-23)25-14-17-30(38-20-25)24-12-15-26(16-13-24)46-33(40)27-18-31(39(42)43)32(19-29(27)37)47-34(41)28(36)11-6-4-2/h12-20,23,28,35H,3-11,21-22,37H2,1-2H3. The fourth-order valence-corrected chi connectivity index (χ4v) is 5.17. The van der Waals surface area contributed by atoms with Gasteiger partial charge in [0.05, 0.1) is 35.1 Å². The Morgan fingerprint density at radius 1 is 1.00 bits per heavy atom. The van der Waals surface area contributed by atoms with E-state index in [2.05, 4.69) is 11.9 Å². The van der Waals surface area contributed by atoms with Crippen LogP contribution in [0.4, 0.5) is 15.8 Å². The number of benzene rings is 2. The summed E-state index contributed by atoms with van der Waals surface area (Å²) in [4.78, 5) is 40.3. The predicted molar refractivity (Wildman–Crippen MR) is 174 cm³/mol. The van der Waals surface area contributed by atoms with Gasteiger partial charge in [0.15, 0.2) is 12.5 Å². The monoisotopic (exact) mass is 651 g/mol. The number of carbonyl (C=O) groups excluding carboxylic acids is 2. The number of rotatable bonds is 16. The number of pyridine rings is 1. The Morgan fingerprint density at radius 3 is 2.34 bits per heavy atom. The molecule has 47 heavy (non-hydrogen) atoms. The molecule has 11 nitrogen and oxygen atoms in total. The van der Waals surface area contributed by atoms with Gasteiger partial charge in [0, 0.05) is 35.4 Å². The van der Waals surface area contributed by atoms with E-state index >= 15 is 0 Å². The Morgan fingerprint density at radius 2 is 1.70 bits per heavy atom. The molecule has 0 spiro atoms. The van der Waals surface area contributed by atoms with Gasteiger partial charge < -0.3 is 24.7 Å². The number of nitro benzene ring substituents is 1. The van der Waals surface area contributed by atoms with Crippen LogP contribution in [0.25, 0.3) is 11.3 Å². The third kappa shape index (κ3) is 10.0. The van der Waals surface area contributed by atoms with Crippen LogP contribution >= 0.6 is 0 Å². The maximum Gasteiger partial charge on any atom is 0.346 e. The lowest BCUT2D eigenvalue weighted by Gasteiger charge is -2.29. The van der Waals surface area contributed by atoms with E-state index in [1.54, 1.807) is 30.5 Å². The molecule has 3 aromatic rings. The summed E-state index contributed by atoms with van der Waals surface area (Å²) in [5.41, 5.74) is 6.94. The van der Waals surface area contributed by atoms with Crippen LogP contribution in [0.15, 0.2) is 54.7 Å². The van der Waals surface area contributed by atoms with Gasteiger partial charge in [0.25, 0.3) is 0 Å². The zero-order chi connectivity index (χ0) is 33.8. The van der Waals surface area contributed by atoms with Crippen LogP contribution in [0.1, 0.15) is 93.8 Å². The number of ether oxygens (including phenoxy) is 4. The molecule has 0 bridgehead atoms. The van der Waals surface area contributed by atoms with Crippen molar-refractivity contribution >= 4 is 23.3 Å². The number of nitrogen functional groups attached to an aromatic ring is 1. The highest BCUT2D eigenvalue weighted by Crippen LogP contribution is 2.34. The number of halogens is 1. The number of hydrogen-bond donors (Lipinski definition) is 1. The molecular weight excluding hydrogens is 609 g/mol. The first kappa shape index (κ1) is 35.4. The third-order valence-electron chi connectivity index (χ3n) is 7.93. The van der Waals surface area contributed by atoms with Crippen molar-refractivity contribution in [2.45, 2.75) is 84.1 Å². The number of nitrogens with two attached hydrogens (primary N) is 1.